The monoisotopic (exact) mass is 422 g/mol. The quantitative estimate of drug-likeness (QED) is 0.250. The Kier molecular flexibility index (Phi) is 7.45. The average molecular weight is 423 g/mol. The van der Waals surface area contributed by atoms with Crippen LogP contribution in [0.2, 0.25) is 0 Å². The molecule has 0 spiro atoms. The van der Waals surface area contributed by atoms with Crippen LogP contribution in [0.25, 0.3) is 39.2 Å². The molecule has 0 bridgehead atoms. The summed E-state index contributed by atoms with van der Waals surface area (Å²) in [7, 11) is 0. The fourth-order valence-electron chi connectivity index (χ4n) is 3.44. The number of allylic oxidation sites excluding steroid dienone is 6. The summed E-state index contributed by atoms with van der Waals surface area (Å²) < 4.78 is 6.04. The lowest BCUT2D eigenvalue weighted by atomic mass is 10.1. The number of nitrogens with zero attached hydrogens (tertiary/aromatic N) is 1. The maximum absolute atomic E-state index is 6.04. The first-order valence-electron chi connectivity index (χ1n) is 10.7. The van der Waals surface area contributed by atoms with Crippen molar-refractivity contribution in [2.45, 2.75) is 27.2 Å². The summed E-state index contributed by atoms with van der Waals surface area (Å²) in [6.45, 7) is 17.6. The second-order valence-electron chi connectivity index (χ2n) is 7.54. The van der Waals surface area contributed by atoms with Crippen molar-refractivity contribution in [1.29, 1.82) is 0 Å². The first-order chi connectivity index (χ1) is 15.5. The van der Waals surface area contributed by atoms with Crippen molar-refractivity contribution < 1.29 is 4.42 Å². The van der Waals surface area contributed by atoms with Crippen molar-refractivity contribution in [1.82, 2.24) is 9.97 Å². The van der Waals surface area contributed by atoms with Gasteiger partial charge in [-0.2, -0.15) is 0 Å². The Morgan fingerprint density at radius 3 is 2.47 bits per heavy atom. The molecule has 0 saturated heterocycles. The molecule has 3 nitrogen and oxygen atoms in total. The highest BCUT2D eigenvalue weighted by Gasteiger charge is 2.14. The third-order valence-corrected chi connectivity index (χ3v) is 5.27. The van der Waals surface area contributed by atoms with Gasteiger partial charge in [-0.1, -0.05) is 86.0 Å². The fourth-order valence-corrected chi connectivity index (χ4v) is 3.44. The maximum atomic E-state index is 6.04. The number of fused-ring (bicyclic) bond motifs is 3. The second kappa shape index (κ2) is 10.5. The summed E-state index contributed by atoms with van der Waals surface area (Å²) in [5.41, 5.74) is 7.99. The first kappa shape index (κ1) is 22.8. The Balaban J connectivity index is 0.000000269. The van der Waals surface area contributed by atoms with E-state index in [1.165, 1.54) is 11.1 Å². The predicted molar refractivity (Wildman–Crippen MR) is 139 cm³/mol. The number of H-pyrrole nitrogens is 1. The number of oxazole rings is 1. The van der Waals surface area contributed by atoms with Gasteiger partial charge in [0.05, 0.1) is 5.52 Å². The van der Waals surface area contributed by atoms with E-state index in [4.69, 9.17) is 4.42 Å². The van der Waals surface area contributed by atoms with Crippen LogP contribution in [0, 0.1) is 6.92 Å². The third-order valence-electron chi connectivity index (χ3n) is 5.27. The van der Waals surface area contributed by atoms with E-state index in [0.717, 1.165) is 45.3 Å². The normalized spacial score (nSPS) is 11.5. The molecule has 0 fully saturated rings. The topological polar surface area (TPSA) is 41.8 Å². The van der Waals surface area contributed by atoms with E-state index >= 15 is 0 Å². The summed E-state index contributed by atoms with van der Waals surface area (Å²) in [5.74, 6) is 0.597. The molecule has 4 rings (SSSR count). The number of aromatic nitrogens is 2. The van der Waals surface area contributed by atoms with Crippen molar-refractivity contribution in [3.05, 3.63) is 109 Å². The lowest BCUT2D eigenvalue weighted by molar-refractivity contribution is 0.588. The van der Waals surface area contributed by atoms with Crippen LogP contribution in [-0.4, -0.2) is 9.97 Å². The maximum Gasteiger partial charge on any atom is 0.227 e. The minimum Gasteiger partial charge on any atom is -0.434 e. The van der Waals surface area contributed by atoms with Crippen LogP contribution in [0.15, 0.2) is 90.9 Å². The molecule has 0 saturated carbocycles. The largest absolute Gasteiger partial charge is 0.434 e. The molecular weight excluding hydrogens is 392 g/mol. The zero-order valence-electron chi connectivity index (χ0n) is 19.1. The van der Waals surface area contributed by atoms with Gasteiger partial charge >= 0.3 is 0 Å². The Labute approximate surface area is 190 Å². The van der Waals surface area contributed by atoms with E-state index in [0.29, 0.717) is 5.89 Å². The van der Waals surface area contributed by atoms with Crippen LogP contribution in [-0.2, 0) is 0 Å². The van der Waals surface area contributed by atoms with Gasteiger partial charge in [-0.25, -0.2) is 4.98 Å². The summed E-state index contributed by atoms with van der Waals surface area (Å²) in [6, 6.07) is 14.2. The van der Waals surface area contributed by atoms with Crippen molar-refractivity contribution in [3.63, 3.8) is 0 Å². The molecule has 0 amide bonds. The predicted octanol–water partition coefficient (Wildman–Crippen LogP) is 8.52. The minimum absolute atomic E-state index is 0.597. The van der Waals surface area contributed by atoms with E-state index in [1.54, 1.807) is 6.08 Å². The second-order valence-corrected chi connectivity index (χ2v) is 7.54. The molecule has 4 aromatic rings. The van der Waals surface area contributed by atoms with Gasteiger partial charge < -0.3 is 9.40 Å². The standard InChI is InChI=1S/C20H20N2O.C9H10/c1-5-8-9-10-14(6-2)20-22-17-12-11-15-13(4)16(7-3)21-18(15)19(17)23-20;1-8(2)9-6-4-3-5-7-9/h5-8,10-12,21H,2-3,9H2,1,4H3;3-7H,1H2,2H3/b8-5-,14-10+;. The summed E-state index contributed by atoms with van der Waals surface area (Å²) >= 11 is 0. The first-order valence-corrected chi connectivity index (χ1v) is 10.7. The van der Waals surface area contributed by atoms with Gasteiger partial charge in [-0.05, 0) is 50.5 Å². The number of benzene rings is 2. The molecule has 2 heterocycles. The van der Waals surface area contributed by atoms with E-state index in [9.17, 15) is 0 Å². The van der Waals surface area contributed by atoms with Gasteiger partial charge in [0.15, 0.2) is 5.58 Å². The summed E-state index contributed by atoms with van der Waals surface area (Å²) in [5, 5.41) is 1.13. The van der Waals surface area contributed by atoms with Crippen molar-refractivity contribution in [3.8, 4) is 0 Å². The van der Waals surface area contributed by atoms with E-state index in [-0.39, 0.29) is 0 Å². The van der Waals surface area contributed by atoms with Gasteiger partial charge in [-0.15, -0.1) is 0 Å². The molecule has 1 N–H and O–H groups in total. The molecule has 2 aromatic carbocycles. The Hall–Kier alpha value is -3.85. The van der Waals surface area contributed by atoms with E-state index in [1.807, 2.05) is 50.3 Å². The minimum atomic E-state index is 0.597. The van der Waals surface area contributed by atoms with Gasteiger partial charge in [0.2, 0.25) is 5.89 Å². The zero-order chi connectivity index (χ0) is 23.1. The van der Waals surface area contributed by atoms with Gasteiger partial charge in [0.25, 0.3) is 0 Å². The van der Waals surface area contributed by atoms with Crippen molar-refractivity contribution >= 4 is 39.2 Å². The van der Waals surface area contributed by atoms with Gasteiger partial charge in [-0.3, -0.25) is 0 Å². The van der Waals surface area contributed by atoms with Crippen LogP contribution in [0.1, 0.15) is 43.0 Å². The summed E-state index contributed by atoms with van der Waals surface area (Å²) in [4.78, 5) is 7.97. The van der Waals surface area contributed by atoms with Crippen molar-refractivity contribution in [2.75, 3.05) is 0 Å². The Bertz CT molecular complexity index is 1310. The SMILES string of the molecule is C=C(C)c1ccccc1.C=C/C(=C\C/C=C\C)c1nc2ccc3c(C)c(C=C)[nH]c3c2o1. The molecule has 0 unspecified atom stereocenters. The fraction of sp³-hybridized carbons (Fsp3) is 0.138. The molecule has 0 atom stereocenters. The smallest absolute Gasteiger partial charge is 0.227 e. The molecule has 0 aliphatic carbocycles. The highest BCUT2D eigenvalue weighted by Crippen LogP contribution is 2.31. The lowest BCUT2D eigenvalue weighted by Crippen LogP contribution is -1.79. The highest BCUT2D eigenvalue weighted by atomic mass is 16.3. The Morgan fingerprint density at radius 1 is 1.12 bits per heavy atom. The van der Waals surface area contributed by atoms with Crippen LogP contribution < -0.4 is 0 Å². The molecular formula is C29H30N2O. The van der Waals surface area contributed by atoms with Crippen LogP contribution in [0.4, 0.5) is 0 Å². The van der Waals surface area contributed by atoms with Crippen LogP contribution >= 0.6 is 0 Å². The molecule has 3 heteroatoms. The summed E-state index contributed by atoms with van der Waals surface area (Å²) in [6.07, 6.45) is 10.6. The Morgan fingerprint density at radius 2 is 1.88 bits per heavy atom. The number of rotatable bonds is 6. The van der Waals surface area contributed by atoms with Crippen LogP contribution in [0.3, 0.4) is 0 Å². The van der Waals surface area contributed by atoms with Crippen LogP contribution in [0.5, 0.6) is 0 Å². The number of aromatic amines is 1. The molecule has 32 heavy (non-hydrogen) atoms. The lowest BCUT2D eigenvalue weighted by Gasteiger charge is -1.94. The highest BCUT2D eigenvalue weighted by molar-refractivity contribution is 6.04. The number of nitrogens with one attached hydrogen (secondary N) is 1. The van der Waals surface area contributed by atoms with E-state index in [2.05, 4.69) is 67.0 Å². The average Bonchev–Trinajstić information content (AvgIpc) is 3.38. The molecule has 0 aliphatic rings. The van der Waals surface area contributed by atoms with Crippen molar-refractivity contribution in [2.24, 2.45) is 0 Å². The number of hydrogen-bond donors (Lipinski definition) is 1. The zero-order valence-corrected chi connectivity index (χ0v) is 19.1. The van der Waals surface area contributed by atoms with E-state index < -0.39 is 0 Å². The molecule has 162 valence electrons. The third kappa shape index (κ3) is 4.89. The van der Waals surface area contributed by atoms with Gasteiger partial charge in [0.1, 0.15) is 5.52 Å². The molecule has 0 radical (unpaired) electrons. The number of aryl methyl sites for hydroxylation is 1. The molecule has 2 aromatic heterocycles. The molecule has 0 aliphatic heterocycles. The number of hydrogen-bond acceptors (Lipinski definition) is 2. The van der Waals surface area contributed by atoms with Gasteiger partial charge in [0, 0.05) is 16.7 Å².